The summed E-state index contributed by atoms with van der Waals surface area (Å²) in [5.74, 6) is 1.05. The van der Waals surface area contributed by atoms with Gasteiger partial charge in [-0.25, -0.2) is 4.98 Å². The van der Waals surface area contributed by atoms with Gasteiger partial charge < -0.3 is 13.9 Å². The van der Waals surface area contributed by atoms with E-state index in [1.54, 1.807) is 6.20 Å². The number of aromatic nitrogens is 1. The van der Waals surface area contributed by atoms with E-state index in [2.05, 4.69) is 10.3 Å². The molecule has 0 saturated carbocycles. The summed E-state index contributed by atoms with van der Waals surface area (Å²) in [6.07, 6.45) is 1.73. The average Bonchev–Trinajstić information content (AvgIpc) is 2.68. The van der Waals surface area contributed by atoms with Crippen molar-refractivity contribution in [1.82, 2.24) is 10.3 Å². The third-order valence-corrected chi connectivity index (χ3v) is 2.76. The first-order valence-electron chi connectivity index (χ1n) is 5.92. The second-order valence-corrected chi connectivity index (χ2v) is 4.92. The van der Waals surface area contributed by atoms with Crippen LogP contribution in [-0.2, 0) is 9.47 Å². The molecule has 1 aromatic heterocycles. The first-order valence-corrected chi connectivity index (χ1v) is 5.92. The van der Waals surface area contributed by atoms with E-state index in [0.717, 1.165) is 5.76 Å². The average molecular weight is 240 g/mol. The lowest BCUT2D eigenvalue weighted by atomic mass is 10.2. The van der Waals surface area contributed by atoms with Crippen molar-refractivity contribution in [2.24, 2.45) is 0 Å². The van der Waals surface area contributed by atoms with Gasteiger partial charge in [0.1, 0.15) is 5.76 Å². The number of oxazole rings is 1. The van der Waals surface area contributed by atoms with Gasteiger partial charge in [0.05, 0.1) is 31.5 Å². The number of nitrogens with zero attached hydrogens (tertiary/aromatic N) is 1. The molecule has 2 heterocycles. The molecule has 0 bridgehead atoms. The van der Waals surface area contributed by atoms with Gasteiger partial charge in [0, 0.05) is 0 Å². The Morgan fingerprint density at radius 1 is 1.41 bits per heavy atom. The zero-order chi connectivity index (χ0) is 12.5. The van der Waals surface area contributed by atoms with E-state index in [-0.39, 0.29) is 12.1 Å². The number of aryl methyl sites for hydroxylation is 1. The maximum Gasteiger partial charge on any atom is 0.211 e. The van der Waals surface area contributed by atoms with Crippen molar-refractivity contribution in [2.45, 2.75) is 45.6 Å². The Morgan fingerprint density at radius 2 is 2.06 bits per heavy atom. The molecule has 0 radical (unpaired) electrons. The Hall–Kier alpha value is -0.910. The molecule has 5 heteroatoms. The van der Waals surface area contributed by atoms with Gasteiger partial charge in [-0.1, -0.05) is 0 Å². The monoisotopic (exact) mass is 240 g/mol. The van der Waals surface area contributed by atoms with Crippen molar-refractivity contribution in [2.75, 3.05) is 13.2 Å². The Bertz CT molecular complexity index is 366. The van der Waals surface area contributed by atoms with Crippen molar-refractivity contribution in [3.05, 3.63) is 17.8 Å². The SMILES string of the molecule is Cc1cnc(C(C)NC2COC(C)(C)OC2)o1. The van der Waals surface area contributed by atoms with Gasteiger partial charge in [-0.15, -0.1) is 0 Å². The number of ether oxygens (including phenoxy) is 2. The number of rotatable bonds is 3. The first-order chi connectivity index (χ1) is 7.96. The summed E-state index contributed by atoms with van der Waals surface area (Å²) in [7, 11) is 0. The topological polar surface area (TPSA) is 56.5 Å². The van der Waals surface area contributed by atoms with Gasteiger partial charge in [-0.05, 0) is 27.7 Å². The second-order valence-electron chi connectivity index (χ2n) is 4.92. The Kier molecular flexibility index (Phi) is 3.51. The smallest absolute Gasteiger partial charge is 0.211 e. The molecule has 1 saturated heterocycles. The van der Waals surface area contributed by atoms with Crippen molar-refractivity contribution in [3.8, 4) is 0 Å². The maximum absolute atomic E-state index is 5.58. The molecule has 2 rings (SSSR count). The Labute approximate surface area is 102 Å². The zero-order valence-electron chi connectivity index (χ0n) is 10.8. The van der Waals surface area contributed by atoms with Crippen molar-refractivity contribution in [3.63, 3.8) is 0 Å². The van der Waals surface area contributed by atoms with Crippen LogP contribution < -0.4 is 5.32 Å². The summed E-state index contributed by atoms with van der Waals surface area (Å²) in [6.45, 7) is 9.02. The van der Waals surface area contributed by atoms with Crippen LogP contribution in [0.5, 0.6) is 0 Å². The summed E-state index contributed by atoms with van der Waals surface area (Å²) in [4.78, 5) is 4.20. The van der Waals surface area contributed by atoms with Crippen LogP contribution in [-0.4, -0.2) is 30.0 Å². The minimum Gasteiger partial charge on any atom is -0.444 e. The lowest BCUT2D eigenvalue weighted by molar-refractivity contribution is -0.253. The molecule has 0 amide bonds. The van der Waals surface area contributed by atoms with E-state index in [1.165, 1.54) is 0 Å². The fraction of sp³-hybridized carbons (Fsp3) is 0.750. The first kappa shape index (κ1) is 12.5. The highest BCUT2D eigenvalue weighted by Gasteiger charge is 2.29. The third-order valence-electron chi connectivity index (χ3n) is 2.76. The van der Waals surface area contributed by atoms with E-state index in [0.29, 0.717) is 19.1 Å². The molecule has 5 nitrogen and oxygen atoms in total. The van der Waals surface area contributed by atoms with Crippen LogP contribution in [0.2, 0.25) is 0 Å². The van der Waals surface area contributed by atoms with E-state index < -0.39 is 5.79 Å². The molecule has 1 aliphatic heterocycles. The van der Waals surface area contributed by atoms with Crippen molar-refractivity contribution >= 4 is 0 Å². The normalized spacial score (nSPS) is 22.6. The summed E-state index contributed by atoms with van der Waals surface area (Å²) in [6, 6.07) is 0.229. The van der Waals surface area contributed by atoms with Crippen LogP contribution in [0.3, 0.4) is 0 Å². The highest BCUT2D eigenvalue weighted by molar-refractivity contribution is 4.95. The van der Waals surface area contributed by atoms with Crippen LogP contribution in [0.15, 0.2) is 10.6 Å². The highest BCUT2D eigenvalue weighted by atomic mass is 16.7. The van der Waals surface area contributed by atoms with E-state index >= 15 is 0 Å². The van der Waals surface area contributed by atoms with Gasteiger partial charge in [0.25, 0.3) is 0 Å². The molecule has 96 valence electrons. The summed E-state index contributed by atoms with van der Waals surface area (Å²) >= 11 is 0. The van der Waals surface area contributed by atoms with Crippen LogP contribution in [0.25, 0.3) is 0 Å². The number of nitrogens with one attached hydrogen (secondary N) is 1. The molecule has 0 aliphatic carbocycles. The van der Waals surface area contributed by atoms with Gasteiger partial charge in [-0.3, -0.25) is 5.32 Å². The molecule has 0 spiro atoms. The standard InChI is InChI=1S/C12H20N2O3/c1-8-5-13-11(17-8)9(2)14-10-6-15-12(3,4)16-7-10/h5,9-10,14H,6-7H2,1-4H3. The number of hydrogen-bond acceptors (Lipinski definition) is 5. The molecule has 1 aromatic rings. The maximum atomic E-state index is 5.58. The molecule has 1 atom stereocenters. The molecule has 1 aliphatic rings. The summed E-state index contributed by atoms with van der Waals surface area (Å²) < 4.78 is 16.6. The van der Waals surface area contributed by atoms with Crippen LogP contribution in [0.1, 0.15) is 38.5 Å². The van der Waals surface area contributed by atoms with E-state index in [1.807, 2.05) is 27.7 Å². The third kappa shape index (κ3) is 3.28. The molecular formula is C12H20N2O3. The van der Waals surface area contributed by atoms with E-state index in [9.17, 15) is 0 Å². The lowest BCUT2D eigenvalue weighted by Gasteiger charge is -2.36. The van der Waals surface area contributed by atoms with Gasteiger partial charge in [0.15, 0.2) is 5.79 Å². The molecule has 0 aromatic carbocycles. The van der Waals surface area contributed by atoms with Gasteiger partial charge >= 0.3 is 0 Å². The van der Waals surface area contributed by atoms with Gasteiger partial charge in [0.2, 0.25) is 5.89 Å². The molecule has 17 heavy (non-hydrogen) atoms. The Balaban J connectivity index is 1.86. The zero-order valence-corrected chi connectivity index (χ0v) is 10.8. The molecule has 1 N–H and O–H groups in total. The molecule has 1 fully saturated rings. The van der Waals surface area contributed by atoms with Crippen LogP contribution >= 0.6 is 0 Å². The minimum atomic E-state index is -0.471. The van der Waals surface area contributed by atoms with Crippen molar-refractivity contribution < 1.29 is 13.9 Å². The quantitative estimate of drug-likeness (QED) is 0.872. The summed E-state index contributed by atoms with van der Waals surface area (Å²) in [5, 5.41) is 3.38. The largest absolute Gasteiger partial charge is 0.444 e. The van der Waals surface area contributed by atoms with Crippen LogP contribution in [0.4, 0.5) is 0 Å². The highest BCUT2D eigenvalue weighted by Crippen LogP contribution is 2.19. The minimum absolute atomic E-state index is 0.0575. The molecular weight excluding hydrogens is 220 g/mol. The lowest BCUT2D eigenvalue weighted by Crippen LogP contribution is -2.49. The summed E-state index contributed by atoms with van der Waals surface area (Å²) in [5.41, 5.74) is 0. The number of hydrogen-bond donors (Lipinski definition) is 1. The van der Waals surface area contributed by atoms with Crippen LogP contribution in [0, 0.1) is 6.92 Å². The van der Waals surface area contributed by atoms with Gasteiger partial charge in [-0.2, -0.15) is 0 Å². The second kappa shape index (κ2) is 4.76. The predicted molar refractivity (Wildman–Crippen MR) is 62.6 cm³/mol. The predicted octanol–water partition coefficient (Wildman–Crippen LogP) is 1.79. The Morgan fingerprint density at radius 3 is 2.59 bits per heavy atom. The van der Waals surface area contributed by atoms with E-state index in [4.69, 9.17) is 13.9 Å². The van der Waals surface area contributed by atoms with Crippen molar-refractivity contribution in [1.29, 1.82) is 0 Å². The fourth-order valence-electron chi connectivity index (χ4n) is 1.79. The fourth-order valence-corrected chi connectivity index (χ4v) is 1.79. The molecule has 1 unspecified atom stereocenters.